The Bertz CT molecular complexity index is 121. The van der Waals surface area contributed by atoms with Crippen LogP contribution in [0.25, 0.3) is 0 Å². The molecule has 0 saturated heterocycles. The number of aliphatic hydroxyl groups is 1. The van der Waals surface area contributed by atoms with E-state index in [1.165, 1.54) is 0 Å². The fourth-order valence-electron chi connectivity index (χ4n) is 0.484. The summed E-state index contributed by atoms with van der Waals surface area (Å²) in [5.74, 6) is 0.448. The van der Waals surface area contributed by atoms with Crippen molar-refractivity contribution in [2.75, 3.05) is 0 Å². The second kappa shape index (κ2) is 4.13. The molecule has 0 unspecified atom stereocenters. The van der Waals surface area contributed by atoms with Crippen LogP contribution in [-0.2, 0) is 4.79 Å². The normalized spacial score (nSPS) is 11.6. The van der Waals surface area contributed by atoms with Crippen LogP contribution in [0.15, 0.2) is 11.8 Å². The number of aliphatic hydroxyl groups excluding tert-OH is 1. The molecule has 0 aliphatic carbocycles. The number of hydrogen-bond donors (Lipinski definition) is 1. The molecule has 52 valence electrons. The molecule has 0 atom stereocenters. The maximum atomic E-state index is 10.3. The zero-order chi connectivity index (χ0) is 7.28. The SMILES string of the molecule is CC(=O)CCC=C(C)O. The van der Waals surface area contributed by atoms with Gasteiger partial charge in [-0.2, -0.15) is 0 Å². The van der Waals surface area contributed by atoms with Crippen LogP contribution in [0, 0.1) is 0 Å². The lowest BCUT2D eigenvalue weighted by Crippen LogP contribution is -1.86. The molecule has 0 aromatic heterocycles. The number of carbonyl (C=O) groups excluding carboxylic acids is 1. The highest BCUT2D eigenvalue weighted by Gasteiger charge is 1.89. The molecule has 0 aromatic rings. The Labute approximate surface area is 55.2 Å². The van der Waals surface area contributed by atoms with Crippen molar-refractivity contribution in [2.24, 2.45) is 0 Å². The number of ketones is 1. The van der Waals surface area contributed by atoms with Crippen LogP contribution in [0.1, 0.15) is 26.7 Å². The number of allylic oxidation sites excluding steroid dienone is 2. The topological polar surface area (TPSA) is 37.3 Å². The van der Waals surface area contributed by atoms with Gasteiger partial charge in [-0.25, -0.2) is 0 Å². The minimum Gasteiger partial charge on any atom is -0.513 e. The molecule has 2 nitrogen and oxygen atoms in total. The van der Waals surface area contributed by atoms with E-state index >= 15 is 0 Å². The van der Waals surface area contributed by atoms with Gasteiger partial charge in [0.1, 0.15) is 5.78 Å². The van der Waals surface area contributed by atoms with Gasteiger partial charge in [0.25, 0.3) is 0 Å². The molecule has 0 amide bonds. The highest BCUT2D eigenvalue weighted by Crippen LogP contribution is 1.94. The first-order valence-electron chi connectivity index (χ1n) is 2.98. The Morgan fingerprint density at radius 3 is 2.44 bits per heavy atom. The first kappa shape index (κ1) is 8.21. The minimum absolute atomic E-state index is 0.160. The van der Waals surface area contributed by atoms with Gasteiger partial charge < -0.3 is 9.90 Å². The van der Waals surface area contributed by atoms with E-state index in [-0.39, 0.29) is 11.5 Å². The number of rotatable bonds is 3. The van der Waals surface area contributed by atoms with Gasteiger partial charge in [0, 0.05) is 6.42 Å². The Hall–Kier alpha value is -0.790. The van der Waals surface area contributed by atoms with Crippen molar-refractivity contribution in [3.63, 3.8) is 0 Å². The van der Waals surface area contributed by atoms with Crippen LogP contribution < -0.4 is 0 Å². The van der Waals surface area contributed by atoms with Gasteiger partial charge in [0.15, 0.2) is 0 Å². The van der Waals surface area contributed by atoms with Crippen molar-refractivity contribution >= 4 is 5.78 Å². The predicted molar refractivity (Wildman–Crippen MR) is 36.3 cm³/mol. The summed E-state index contributed by atoms with van der Waals surface area (Å²) in [5, 5.41) is 8.62. The summed E-state index contributed by atoms with van der Waals surface area (Å²) < 4.78 is 0. The quantitative estimate of drug-likeness (QED) is 0.588. The van der Waals surface area contributed by atoms with E-state index in [1.807, 2.05) is 0 Å². The molecule has 0 bridgehead atoms. The highest BCUT2D eigenvalue weighted by atomic mass is 16.3. The van der Waals surface area contributed by atoms with Crippen LogP contribution in [-0.4, -0.2) is 10.9 Å². The Morgan fingerprint density at radius 1 is 1.56 bits per heavy atom. The third kappa shape index (κ3) is 7.21. The molecule has 0 fully saturated rings. The first-order chi connectivity index (χ1) is 4.13. The molecular formula is C7H12O2. The molecular weight excluding hydrogens is 116 g/mol. The highest BCUT2D eigenvalue weighted by molar-refractivity contribution is 5.75. The third-order valence-electron chi connectivity index (χ3n) is 0.936. The van der Waals surface area contributed by atoms with Crippen molar-refractivity contribution < 1.29 is 9.90 Å². The molecule has 0 spiro atoms. The Balaban J connectivity index is 3.31. The van der Waals surface area contributed by atoms with E-state index in [9.17, 15) is 4.79 Å². The van der Waals surface area contributed by atoms with Gasteiger partial charge in [-0.1, -0.05) is 0 Å². The number of carbonyl (C=O) groups is 1. The third-order valence-corrected chi connectivity index (χ3v) is 0.936. The molecule has 0 saturated carbocycles. The van der Waals surface area contributed by atoms with E-state index in [0.29, 0.717) is 12.8 Å². The van der Waals surface area contributed by atoms with Gasteiger partial charge in [-0.05, 0) is 26.3 Å². The fourth-order valence-corrected chi connectivity index (χ4v) is 0.484. The molecule has 0 radical (unpaired) electrons. The molecule has 0 heterocycles. The lowest BCUT2D eigenvalue weighted by molar-refractivity contribution is -0.116. The van der Waals surface area contributed by atoms with E-state index in [0.717, 1.165) is 0 Å². The molecule has 0 aromatic carbocycles. The fraction of sp³-hybridized carbons (Fsp3) is 0.571. The number of hydrogen-bond acceptors (Lipinski definition) is 2. The van der Waals surface area contributed by atoms with Crippen molar-refractivity contribution in [1.29, 1.82) is 0 Å². The van der Waals surface area contributed by atoms with E-state index < -0.39 is 0 Å². The predicted octanol–water partition coefficient (Wildman–Crippen LogP) is 1.82. The molecule has 0 rings (SSSR count). The Kier molecular flexibility index (Phi) is 3.76. The summed E-state index contributed by atoms with van der Waals surface area (Å²) >= 11 is 0. The zero-order valence-corrected chi connectivity index (χ0v) is 5.85. The van der Waals surface area contributed by atoms with Gasteiger partial charge in [0.05, 0.1) is 5.76 Å². The lowest BCUT2D eigenvalue weighted by atomic mass is 10.2. The molecule has 2 heteroatoms. The van der Waals surface area contributed by atoms with Crippen LogP contribution in [0.5, 0.6) is 0 Å². The average Bonchev–Trinajstić information content (AvgIpc) is 1.63. The molecule has 1 N–H and O–H groups in total. The average molecular weight is 128 g/mol. The van der Waals surface area contributed by atoms with Gasteiger partial charge in [-0.3, -0.25) is 0 Å². The minimum atomic E-state index is 0.160. The number of Topliss-reactive ketones (excluding diaryl/α,β-unsaturated/α-hetero) is 1. The maximum absolute atomic E-state index is 10.3. The zero-order valence-electron chi connectivity index (χ0n) is 5.85. The summed E-state index contributed by atoms with van der Waals surface area (Å²) in [6.07, 6.45) is 2.82. The summed E-state index contributed by atoms with van der Waals surface area (Å²) in [7, 11) is 0. The first-order valence-corrected chi connectivity index (χ1v) is 2.98. The second-order valence-electron chi connectivity index (χ2n) is 2.09. The second-order valence-corrected chi connectivity index (χ2v) is 2.09. The van der Waals surface area contributed by atoms with Crippen molar-refractivity contribution in [1.82, 2.24) is 0 Å². The smallest absolute Gasteiger partial charge is 0.130 e. The molecule has 0 aliphatic heterocycles. The summed E-state index contributed by atoms with van der Waals surface area (Å²) in [4.78, 5) is 10.3. The standard InChI is InChI=1S/C7H12O2/c1-6(8)4-3-5-7(2)9/h4,8H,3,5H2,1-2H3. The van der Waals surface area contributed by atoms with Gasteiger partial charge in [0.2, 0.25) is 0 Å². The lowest BCUT2D eigenvalue weighted by Gasteiger charge is -1.88. The van der Waals surface area contributed by atoms with Crippen LogP contribution in [0.2, 0.25) is 0 Å². The Morgan fingerprint density at radius 2 is 2.11 bits per heavy atom. The van der Waals surface area contributed by atoms with Crippen LogP contribution in [0.4, 0.5) is 0 Å². The van der Waals surface area contributed by atoms with E-state index in [2.05, 4.69) is 0 Å². The molecule has 9 heavy (non-hydrogen) atoms. The summed E-state index contributed by atoms with van der Waals surface area (Å²) in [5.41, 5.74) is 0. The van der Waals surface area contributed by atoms with Crippen molar-refractivity contribution in [2.45, 2.75) is 26.7 Å². The van der Waals surface area contributed by atoms with Gasteiger partial charge >= 0.3 is 0 Å². The summed E-state index contributed by atoms with van der Waals surface area (Å²) in [6, 6.07) is 0. The largest absolute Gasteiger partial charge is 0.513 e. The summed E-state index contributed by atoms with van der Waals surface area (Å²) in [6.45, 7) is 3.14. The maximum Gasteiger partial charge on any atom is 0.130 e. The molecule has 0 aliphatic rings. The van der Waals surface area contributed by atoms with E-state index in [4.69, 9.17) is 5.11 Å². The van der Waals surface area contributed by atoms with Crippen molar-refractivity contribution in [3.05, 3.63) is 11.8 Å². The van der Waals surface area contributed by atoms with E-state index in [1.54, 1.807) is 19.9 Å². The van der Waals surface area contributed by atoms with Crippen LogP contribution >= 0.6 is 0 Å². The van der Waals surface area contributed by atoms with Crippen molar-refractivity contribution in [3.8, 4) is 0 Å². The van der Waals surface area contributed by atoms with Crippen LogP contribution in [0.3, 0.4) is 0 Å². The monoisotopic (exact) mass is 128 g/mol. The van der Waals surface area contributed by atoms with Gasteiger partial charge in [-0.15, -0.1) is 0 Å².